The van der Waals surface area contributed by atoms with Crippen LogP contribution in [0.15, 0.2) is 79.1 Å². The maximum absolute atomic E-state index is 11.0. The van der Waals surface area contributed by atoms with E-state index in [4.69, 9.17) is 33.0 Å². The number of aromatic carboxylic acids is 1. The van der Waals surface area contributed by atoms with Crippen LogP contribution in [0.1, 0.15) is 34.6 Å². The monoisotopic (exact) mass is 567 g/mol. The molecular weight excluding hydrogens is 537 g/mol. The van der Waals surface area contributed by atoms with Crippen LogP contribution in [0.3, 0.4) is 0 Å². The van der Waals surface area contributed by atoms with Gasteiger partial charge in [0, 0.05) is 12.1 Å². The van der Waals surface area contributed by atoms with E-state index in [0.717, 1.165) is 48.7 Å². The zero-order chi connectivity index (χ0) is 27.6. The number of aryl methyl sites for hydroxylation is 1. The lowest BCUT2D eigenvalue weighted by molar-refractivity contribution is 0.0697. The summed E-state index contributed by atoms with van der Waals surface area (Å²) in [6.45, 7) is 4.42. The molecule has 2 aliphatic rings. The summed E-state index contributed by atoms with van der Waals surface area (Å²) in [5.41, 5.74) is 3.16. The van der Waals surface area contributed by atoms with Crippen molar-refractivity contribution in [1.29, 1.82) is 0 Å². The second-order valence-corrected chi connectivity index (χ2v) is 9.98. The fourth-order valence-corrected chi connectivity index (χ4v) is 4.54. The van der Waals surface area contributed by atoms with Crippen LogP contribution in [0, 0.1) is 0 Å². The van der Waals surface area contributed by atoms with E-state index in [9.17, 15) is 4.79 Å². The number of carboxylic acid groups (broad SMARTS) is 1. The summed E-state index contributed by atoms with van der Waals surface area (Å²) >= 11 is 11.8. The lowest BCUT2D eigenvalue weighted by Gasteiger charge is -2.13. The van der Waals surface area contributed by atoms with Crippen molar-refractivity contribution >= 4 is 40.2 Å². The largest absolute Gasteiger partial charge is 0.497 e. The highest BCUT2D eigenvalue weighted by molar-refractivity contribution is 6.35. The van der Waals surface area contributed by atoms with E-state index in [2.05, 4.69) is 14.6 Å². The zero-order valence-electron chi connectivity index (χ0n) is 21.7. The smallest absolute Gasteiger partial charge is 0.335 e. The van der Waals surface area contributed by atoms with E-state index >= 15 is 0 Å². The van der Waals surface area contributed by atoms with Crippen LogP contribution in [0.4, 0.5) is 0 Å². The summed E-state index contributed by atoms with van der Waals surface area (Å²) in [4.78, 5) is 18.0. The molecule has 0 aliphatic carbocycles. The summed E-state index contributed by atoms with van der Waals surface area (Å²) in [5.74, 6) is 0.749. The van der Waals surface area contributed by atoms with Gasteiger partial charge < -0.3 is 19.1 Å². The molecule has 39 heavy (non-hydrogen) atoms. The SMILES string of the molecule is C1=COC1.Clc1ccc(OCc2ccccc2)c(Cl)c1.Cn1c(CN2CCCC2)nc2ccc(C(=O)O)cc21. The van der Waals surface area contributed by atoms with Crippen LogP contribution in [-0.4, -0.2) is 45.2 Å². The molecule has 0 radical (unpaired) electrons. The van der Waals surface area contributed by atoms with Crippen molar-refractivity contribution in [2.45, 2.75) is 26.0 Å². The van der Waals surface area contributed by atoms with Crippen LogP contribution in [0.5, 0.6) is 5.75 Å². The molecule has 0 amide bonds. The van der Waals surface area contributed by atoms with Crippen molar-refractivity contribution in [3.05, 3.63) is 106 Å². The highest BCUT2D eigenvalue weighted by Gasteiger charge is 2.16. The molecule has 6 rings (SSSR count). The summed E-state index contributed by atoms with van der Waals surface area (Å²) in [6.07, 6.45) is 6.15. The minimum Gasteiger partial charge on any atom is -0.497 e. The minimum atomic E-state index is -0.899. The average molecular weight is 569 g/mol. The summed E-state index contributed by atoms with van der Waals surface area (Å²) in [7, 11) is 1.95. The lowest BCUT2D eigenvalue weighted by atomic mass is 10.2. The number of fused-ring (bicyclic) bond motifs is 1. The quantitative estimate of drug-likeness (QED) is 0.271. The van der Waals surface area contributed by atoms with Gasteiger partial charge in [0.1, 0.15) is 24.8 Å². The Labute approximate surface area is 238 Å². The van der Waals surface area contributed by atoms with Gasteiger partial charge in [0.15, 0.2) is 0 Å². The van der Waals surface area contributed by atoms with Crippen LogP contribution < -0.4 is 4.74 Å². The fraction of sp³-hybridized carbons (Fsp3) is 0.267. The lowest BCUT2D eigenvalue weighted by Crippen LogP contribution is -2.20. The Kier molecular flexibility index (Phi) is 10.3. The Bertz CT molecular complexity index is 1410. The molecule has 1 N–H and O–H groups in total. The van der Waals surface area contributed by atoms with E-state index < -0.39 is 5.97 Å². The topological polar surface area (TPSA) is 76.8 Å². The Morgan fingerprint density at radius 1 is 1.05 bits per heavy atom. The average Bonchev–Trinajstić information content (AvgIpc) is 3.51. The number of imidazole rings is 1. The van der Waals surface area contributed by atoms with Gasteiger partial charge in [-0.15, -0.1) is 0 Å². The molecule has 1 fully saturated rings. The van der Waals surface area contributed by atoms with Gasteiger partial charge in [-0.2, -0.15) is 0 Å². The third kappa shape index (κ3) is 8.23. The van der Waals surface area contributed by atoms with Gasteiger partial charge >= 0.3 is 5.97 Å². The Morgan fingerprint density at radius 3 is 2.36 bits per heavy atom. The van der Waals surface area contributed by atoms with Crippen LogP contribution in [-0.2, 0) is 24.9 Å². The number of rotatable bonds is 6. The van der Waals surface area contributed by atoms with Crippen molar-refractivity contribution in [2.75, 3.05) is 19.7 Å². The fourth-order valence-electron chi connectivity index (χ4n) is 4.08. The van der Waals surface area contributed by atoms with Gasteiger partial charge in [0.05, 0.1) is 34.4 Å². The van der Waals surface area contributed by atoms with Gasteiger partial charge in [-0.3, -0.25) is 4.90 Å². The molecule has 0 atom stereocenters. The first kappa shape index (κ1) is 28.5. The number of carbonyl (C=O) groups is 1. The number of aromatic nitrogens is 2. The molecule has 0 bridgehead atoms. The molecule has 7 nitrogen and oxygen atoms in total. The maximum atomic E-state index is 11.0. The van der Waals surface area contributed by atoms with E-state index in [1.165, 1.54) is 12.8 Å². The molecule has 1 aromatic heterocycles. The first-order chi connectivity index (χ1) is 18.9. The van der Waals surface area contributed by atoms with Crippen LogP contribution in [0.25, 0.3) is 11.0 Å². The van der Waals surface area contributed by atoms with Gasteiger partial charge in [-0.25, -0.2) is 9.78 Å². The first-order valence-corrected chi connectivity index (χ1v) is 13.5. The third-order valence-electron chi connectivity index (χ3n) is 6.30. The van der Waals surface area contributed by atoms with E-state index in [0.29, 0.717) is 28.0 Å². The Morgan fingerprint density at radius 2 is 1.74 bits per heavy atom. The first-order valence-electron chi connectivity index (χ1n) is 12.7. The number of carboxylic acids is 1. The van der Waals surface area contributed by atoms with Crippen molar-refractivity contribution in [3.63, 3.8) is 0 Å². The number of hydrogen-bond donors (Lipinski definition) is 1. The standard InChI is InChI=1S/C14H17N3O2.C13H10Cl2O.C3H4O/c1-16-12-8-10(14(18)19)4-5-11(12)15-13(16)9-17-6-2-3-7-17;14-11-6-7-13(12(15)8-11)16-9-10-4-2-1-3-5-10;1-2-4-3-1/h4-5,8H,2-3,6-7,9H2,1H3,(H,18,19);1-8H,9H2;1-2H,3H2. The van der Waals surface area contributed by atoms with E-state index in [-0.39, 0.29) is 0 Å². The molecule has 4 aromatic rings. The van der Waals surface area contributed by atoms with Crippen molar-refractivity contribution < 1.29 is 19.4 Å². The molecule has 204 valence electrons. The molecule has 0 unspecified atom stereocenters. The zero-order valence-corrected chi connectivity index (χ0v) is 23.2. The van der Waals surface area contributed by atoms with Crippen molar-refractivity contribution in [3.8, 4) is 5.75 Å². The minimum absolute atomic E-state index is 0.309. The molecule has 9 heteroatoms. The predicted molar refractivity (Wildman–Crippen MR) is 155 cm³/mol. The molecule has 2 aliphatic heterocycles. The van der Waals surface area contributed by atoms with Crippen LogP contribution in [0.2, 0.25) is 10.0 Å². The Hall–Kier alpha value is -3.52. The molecule has 0 saturated carbocycles. The normalized spacial score (nSPS) is 13.9. The van der Waals surface area contributed by atoms with Crippen molar-refractivity contribution in [1.82, 2.24) is 14.5 Å². The van der Waals surface area contributed by atoms with Gasteiger partial charge in [0.25, 0.3) is 0 Å². The summed E-state index contributed by atoms with van der Waals surface area (Å²) in [6, 6.07) is 20.2. The third-order valence-corrected chi connectivity index (χ3v) is 6.83. The van der Waals surface area contributed by atoms with Crippen LogP contribution >= 0.6 is 23.2 Å². The number of halogens is 2. The van der Waals surface area contributed by atoms with E-state index in [1.54, 1.807) is 42.7 Å². The second kappa shape index (κ2) is 14.0. The Balaban J connectivity index is 0.000000160. The molecule has 0 spiro atoms. The molecular formula is C30H31Cl2N3O4. The molecule has 1 saturated heterocycles. The second-order valence-electron chi connectivity index (χ2n) is 9.13. The number of benzene rings is 3. The number of likely N-dealkylation sites (tertiary alicyclic amines) is 1. The summed E-state index contributed by atoms with van der Waals surface area (Å²) < 4.78 is 12.1. The molecule has 3 heterocycles. The highest BCUT2D eigenvalue weighted by atomic mass is 35.5. The predicted octanol–water partition coefficient (Wildman–Crippen LogP) is 6.97. The number of nitrogens with zero attached hydrogens (tertiary/aromatic N) is 3. The van der Waals surface area contributed by atoms with Gasteiger partial charge in [-0.1, -0.05) is 53.5 Å². The van der Waals surface area contributed by atoms with Crippen molar-refractivity contribution in [2.24, 2.45) is 7.05 Å². The number of hydrogen-bond acceptors (Lipinski definition) is 5. The van der Waals surface area contributed by atoms with E-state index in [1.807, 2.05) is 48.0 Å². The summed E-state index contributed by atoms with van der Waals surface area (Å²) in [5, 5.41) is 10.2. The number of ether oxygens (including phenoxy) is 2. The highest BCUT2D eigenvalue weighted by Crippen LogP contribution is 2.28. The van der Waals surface area contributed by atoms with Gasteiger partial charge in [-0.05, 0) is 74.0 Å². The maximum Gasteiger partial charge on any atom is 0.335 e. The molecule has 3 aromatic carbocycles. The van der Waals surface area contributed by atoms with Gasteiger partial charge in [0.2, 0.25) is 0 Å².